The molecule has 0 spiro atoms. The Morgan fingerprint density at radius 1 is 1.00 bits per heavy atom. The zero-order chi connectivity index (χ0) is 19.7. The van der Waals surface area contributed by atoms with Crippen molar-refractivity contribution in [1.82, 2.24) is 0 Å². The fraction of sp³-hybridized carbons (Fsp3) is 0.760. The fourth-order valence-corrected chi connectivity index (χ4v) is 6.46. The first-order valence-electron chi connectivity index (χ1n) is 11.7. The zero-order valence-electron chi connectivity index (χ0n) is 17.6. The molecule has 5 unspecified atom stereocenters. The average molecular weight is 391 g/mol. The van der Waals surface area contributed by atoms with Crippen molar-refractivity contribution in [3.63, 3.8) is 0 Å². The molecule has 4 rings (SSSR count). The second-order valence-electron chi connectivity index (χ2n) is 9.54. The van der Waals surface area contributed by atoms with E-state index in [9.17, 15) is 0 Å². The summed E-state index contributed by atoms with van der Waals surface area (Å²) >= 11 is 0. The van der Waals surface area contributed by atoms with Crippen LogP contribution in [0.15, 0.2) is 6.07 Å². The van der Waals surface area contributed by atoms with Gasteiger partial charge >= 0.3 is 0 Å². The Morgan fingerprint density at radius 3 is 2.57 bits per heavy atom. The number of ether oxygens (including phenoxy) is 1. The smallest absolute Gasteiger partial charge is 0.133 e. The van der Waals surface area contributed by atoms with Gasteiger partial charge in [0.15, 0.2) is 0 Å². The van der Waals surface area contributed by atoms with Crippen molar-refractivity contribution >= 4 is 0 Å². The number of hydrogen-bond donors (Lipinski definition) is 0. The molecule has 3 aliphatic rings. The molecular weight excluding hydrogens is 354 g/mol. The molecule has 1 aromatic carbocycles. The van der Waals surface area contributed by atoms with E-state index in [1.54, 1.807) is 6.07 Å². The maximum absolute atomic E-state index is 15.4. The molecule has 0 aromatic heterocycles. The minimum Gasteiger partial charge on any atom is -0.378 e. The molecule has 0 bridgehead atoms. The van der Waals surface area contributed by atoms with Crippen molar-refractivity contribution in [2.24, 2.45) is 17.8 Å². The molecule has 0 N–H and O–H groups in total. The second kappa shape index (κ2) is 8.81. The average Bonchev–Trinajstić information content (AvgIpc) is 2.68. The molecule has 0 heterocycles. The normalized spacial score (nSPS) is 32.6. The van der Waals surface area contributed by atoms with Gasteiger partial charge in [-0.05, 0) is 106 Å². The van der Waals surface area contributed by atoms with Gasteiger partial charge in [0.25, 0.3) is 0 Å². The molecular formula is C25H36F2O. The molecule has 0 amide bonds. The lowest BCUT2D eigenvalue weighted by atomic mass is 9.65. The van der Waals surface area contributed by atoms with Gasteiger partial charge in [-0.2, -0.15) is 0 Å². The van der Waals surface area contributed by atoms with Crippen molar-refractivity contribution < 1.29 is 13.5 Å². The maximum Gasteiger partial charge on any atom is 0.133 e. The molecule has 0 radical (unpaired) electrons. The Labute approximate surface area is 169 Å². The minimum atomic E-state index is -0.278. The monoisotopic (exact) mass is 390 g/mol. The third-order valence-electron chi connectivity index (χ3n) is 7.83. The molecule has 3 heteroatoms. The van der Waals surface area contributed by atoms with Crippen molar-refractivity contribution in [3.05, 3.63) is 34.4 Å². The SMILES string of the molecule is CCCC1CCc2c(cc(F)c(C3CCC4CC(OCC)CCC4C3)c2F)C1. The summed E-state index contributed by atoms with van der Waals surface area (Å²) in [4.78, 5) is 0. The summed E-state index contributed by atoms with van der Waals surface area (Å²) in [6, 6.07) is 1.69. The molecule has 2 fully saturated rings. The Balaban J connectivity index is 1.50. The van der Waals surface area contributed by atoms with Crippen molar-refractivity contribution in [1.29, 1.82) is 0 Å². The van der Waals surface area contributed by atoms with Crippen LogP contribution >= 0.6 is 0 Å². The van der Waals surface area contributed by atoms with Gasteiger partial charge in [0.1, 0.15) is 11.6 Å². The van der Waals surface area contributed by atoms with Crippen LogP contribution in [0.5, 0.6) is 0 Å². The third kappa shape index (κ3) is 4.01. The predicted octanol–water partition coefficient (Wildman–Crippen LogP) is 6.96. The minimum absolute atomic E-state index is 0.0589. The van der Waals surface area contributed by atoms with E-state index in [-0.39, 0.29) is 17.6 Å². The largest absolute Gasteiger partial charge is 0.378 e. The van der Waals surface area contributed by atoms with Gasteiger partial charge in [-0.1, -0.05) is 19.8 Å². The van der Waals surface area contributed by atoms with Gasteiger partial charge < -0.3 is 4.74 Å². The zero-order valence-corrected chi connectivity index (χ0v) is 17.6. The van der Waals surface area contributed by atoms with E-state index in [0.29, 0.717) is 29.4 Å². The van der Waals surface area contributed by atoms with Crippen LogP contribution in [0.4, 0.5) is 8.78 Å². The highest BCUT2D eigenvalue weighted by molar-refractivity contribution is 5.39. The number of rotatable bonds is 5. The molecule has 5 atom stereocenters. The third-order valence-corrected chi connectivity index (χ3v) is 7.83. The van der Waals surface area contributed by atoms with Crippen LogP contribution in [0.25, 0.3) is 0 Å². The molecule has 0 saturated heterocycles. The Hall–Kier alpha value is -0.960. The van der Waals surface area contributed by atoms with Crippen molar-refractivity contribution in [2.75, 3.05) is 6.61 Å². The molecule has 2 saturated carbocycles. The van der Waals surface area contributed by atoms with E-state index in [2.05, 4.69) is 13.8 Å². The summed E-state index contributed by atoms with van der Waals surface area (Å²) < 4.78 is 36.4. The van der Waals surface area contributed by atoms with E-state index in [0.717, 1.165) is 81.9 Å². The first-order valence-corrected chi connectivity index (χ1v) is 11.7. The summed E-state index contributed by atoms with van der Waals surface area (Å²) in [5, 5.41) is 0. The van der Waals surface area contributed by atoms with Gasteiger partial charge in [-0.15, -0.1) is 0 Å². The molecule has 28 heavy (non-hydrogen) atoms. The van der Waals surface area contributed by atoms with Gasteiger partial charge in [-0.3, -0.25) is 0 Å². The first kappa shape index (κ1) is 20.3. The van der Waals surface area contributed by atoms with E-state index in [1.807, 2.05) is 0 Å². The van der Waals surface area contributed by atoms with E-state index < -0.39 is 0 Å². The fourth-order valence-electron chi connectivity index (χ4n) is 6.46. The molecule has 0 aliphatic heterocycles. The topological polar surface area (TPSA) is 9.23 Å². The highest BCUT2D eigenvalue weighted by atomic mass is 19.1. The van der Waals surface area contributed by atoms with Crippen LogP contribution in [0.2, 0.25) is 0 Å². The Morgan fingerprint density at radius 2 is 1.79 bits per heavy atom. The first-order chi connectivity index (χ1) is 13.6. The van der Waals surface area contributed by atoms with Crippen LogP contribution in [0.3, 0.4) is 0 Å². The predicted molar refractivity (Wildman–Crippen MR) is 110 cm³/mol. The van der Waals surface area contributed by atoms with E-state index >= 15 is 8.78 Å². The number of fused-ring (bicyclic) bond motifs is 2. The summed E-state index contributed by atoms with van der Waals surface area (Å²) in [5.74, 6) is 1.47. The number of halogens is 2. The van der Waals surface area contributed by atoms with Gasteiger partial charge in [0.2, 0.25) is 0 Å². The van der Waals surface area contributed by atoms with Gasteiger partial charge in [0.05, 0.1) is 6.10 Å². The van der Waals surface area contributed by atoms with Crippen LogP contribution in [-0.4, -0.2) is 12.7 Å². The highest BCUT2D eigenvalue weighted by Gasteiger charge is 2.38. The summed E-state index contributed by atoms with van der Waals surface area (Å²) in [5.41, 5.74) is 2.18. The van der Waals surface area contributed by atoms with Crippen LogP contribution < -0.4 is 0 Å². The lowest BCUT2D eigenvalue weighted by Gasteiger charge is -2.42. The molecule has 1 aromatic rings. The summed E-state index contributed by atoms with van der Waals surface area (Å²) in [7, 11) is 0. The van der Waals surface area contributed by atoms with E-state index in [4.69, 9.17) is 4.74 Å². The van der Waals surface area contributed by atoms with Crippen LogP contribution in [0.1, 0.15) is 94.2 Å². The molecule has 3 aliphatic carbocycles. The number of hydrogen-bond acceptors (Lipinski definition) is 1. The standard InChI is InChI=1S/C25H36F2O/c1-3-5-16-6-11-22-20(12-16)15-23(26)24(25(22)27)19-8-7-18-14-21(28-4-2)10-9-17(18)13-19/h15-19,21H,3-14H2,1-2H3. The van der Waals surface area contributed by atoms with Crippen molar-refractivity contribution in [3.8, 4) is 0 Å². The second-order valence-corrected chi connectivity index (χ2v) is 9.54. The summed E-state index contributed by atoms with van der Waals surface area (Å²) in [6.07, 6.45) is 11.8. The maximum atomic E-state index is 15.4. The molecule has 1 nitrogen and oxygen atoms in total. The van der Waals surface area contributed by atoms with Crippen molar-refractivity contribution in [2.45, 2.75) is 96.5 Å². The van der Waals surface area contributed by atoms with E-state index in [1.165, 1.54) is 6.42 Å². The highest BCUT2D eigenvalue weighted by Crippen LogP contribution is 2.48. The lowest BCUT2D eigenvalue weighted by Crippen LogP contribution is -2.34. The summed E-state index contributed by atoms with van der Waals surface area (Å²) in [6.45, 7) is 5.04. The Bertz CT molecular complexity index is 686. The van der Waals surface area contributed by atoms with Crippen LogP contribution in [0, 0.1) is 29.4 Å². The number of benzene rings is 1. The quantitative estimate of drug-likeness (QED) is 0.528. The Kier molecular flexibility index (Phi) is 6.40. The lowest BCUT2D eigenvalue weighted by molar-refractivity contribution is -0.00984. The van der Waals surface area contributed by atoms with Gasteiger partial charge in [-0.25, -0.2) is 8.78 Å². The van der Waals surface area contributed by atoms with Gasteiger partial charge in [0, 0.05) is 12.2 Å². The molecule has 156 valence electrons. The van der Waals surface area contributed by atoms with Crippen LogP contribution in [-0.2, 0) is 17.6 Å².